The highest BCUT2D eigenvalue weighted by Gasteiger charge is 2.39. The molecule has 13 heteroatoms. The van der Waals surface area contributed by atoms with Crippen LogP contribution < -0.4 is 14.4 Å². The van der Waals surface area contributed by atoms with Gasteiger partial charge in [0.05, 0.1) is 18.8 Å². The molecule has 12 nitrogen and oxygen atoms in total. The number of aliphatic hydroxyl groups excluding tert-OH is 1. The van der Waals surface area contributed by atoms with Gasteiger partial charge in [0.15, 0.2) is 5.82 Å². The first kappa shape index (κ1) is 28.6. The van der Waals surface area contributed by atoms with Crippen LogP contribution >= 0.6 is 0 Å². The third kappa shape index (κ3) is 6.25. The first-order valence-electron chi connectivity index (χ1n) is 12.8. The van der Waals surface area contributed by atoms with Crippen molar-refractivity contribution in [2.24, 2.45) is 18.4 Å². The zero-order valence-corrected chi connectivity index (χ0v) is 24.3. The van der Waals surface area contributed by atoms with Crippen molar-refractivity contribution in [2.75, 3.05) is 18.1 Å². The first-order chi connectivity index (χ1) is 18.1. The van der Waals surface area contributed by atoms with Gasteiger partial charge in [0.2, 0.25) is 5.88 Å². The Morgan fingerprint density at radius 1 is 1.23 bits per heavy atom. The van der Waals surface area contributed by atoms with Gasteiger partial charge in [-0.15, -0.1) is 5.10 Å². The lowest BCUT2D eigenvalue weighted by Gasteiger charge is -2.34. The van der Waals surface area contributed by atoms with E-state index < -0.39 is 22.5 Å². The molecule has 1 fully saturated rings. The molecule has 1 atom stereocenters. The molecule has 1 aliphatic heterocycles. The van der Waals surface area contributed by atoms with Crippen LogP contribution in [0.25, 0.3) is 5.82 Å². The van der Waals surface area contributed by atoms with E-state index in [0.717, 1.165) is 6.42 Å². The molecule has 1 saturated heterocycles. The van der Waals surface area contributed by atoms with Crippen molar-refractivity contribution >= 4 is 21.7 Å². The summed E-state index contributed by atoms with van der Waals surface area (Å²) in [5, 5.41) is 18.0. The van der Waals surface area contributed by atoms with E-state index in [-0.39, 0.29) is 27.1 Å². The van der Waals surface area contributed by atoms with Crippen LogP contribution in [-0.4, -0.2) is 62.7 Å². The largest absolute Gasteiger partial charge is 0.476 e. The van der Waals surface area contributed by atoms with E-state index in [4.69, 9.17) is 9.72 Å². The van der Waals surface area contributed by atoms with Crippen LogP contribution in [0.3, 0.4) is 0 Å². The molecule has 39 heavy (non-hydrogen) atoms. The van der Waals surface area contributed by atoms with E-state index in [9.17, 15) is 18.3 Å². The number of amides is 1. The number of aryl methyl sites for hydroxylation is 1. The summed E-state index contributed by atoms with van der Waals surface area (Å²) in [7, 11) is -2.78. The second-order valence-electron chi connectivity index (χ2n) is 11.9. The van der Waals surface area contributed by atoms with Gasteiger partial charge in [-0.3, -0.25) is 9.48 Å². The normalized spacial score (nSPS) is 17.4. The molecule has 0 aromatic carbocycles. The van der Waals surface area contributed by atoms with Crippen LogP contribution in [-0.2, 0) is 23.7 Å². The van der Waals surface area contributed by atoms with Crippen molar-refractivity contribution in [3.8, 4) is 11.7 Å². The van der Waals surface area contributed by atoms with E-state index in [0.29, 0.717) is 36.6 Å². The van der Waals surface area contributed by atoms with Gasteiger partial charge in [-0.2, -0.15) is 5.10 Å². The Bertz CT molecular complexity index is 1470. The van der Waals surface area contributed by atoms with Gasteiger partial charge in [-0.1, -0.05) is 27.7 Å². The number of rotatable bonds is 8. The molecule has 0 bridgehead atoms. The molecular weight excluding hydrogens is 522 g/mol. The van der Waals surface area contributed by atoms with Crippen molar-refractivity contribution in [2.45, 2.75) is 65.0 Å². The first-order valence-corrected chi connectivity index (χ1v) is 14.3. The van der Waals surface area contributed by atoms with Crippen molar-refractivity contribution in [3.63, 3.8) is 0 Å². The molecule has 1 amide bonds. The predicted octanol–water partition coefficient (Wildman–Crippen LogP) is 2.66. The highest BCUT2D eigenvalue weighted by molar-refractivity contribution is 7.90. The Labute approximate surface area is 229 Å². The lowest BCUT2D eigenvalue weighted by molar-refractivity contribution is 0.0981. The summed E-state index contributed by atoms with van der Waals surface area (Å²) in [4.78, 5) is 20.0. The number of sulfonamides is 1. The number of anilines is 1. The molecule has 0 spiro atoms. The summed E-state index contributed by atoms with van der Waals surface area (Å²) < 4.78 is 36.9. The number of carbonyl (C=O) groups excluding carboxylic acids is 1. The highest BCUT2D eigenvalue weighted by atomic mass is 32.2. The summed E-state index contributed by atoms with van der Waals surface area (Å²) in [6.45, 7) is 13.0. The number of nitrogens with one attached hydrogen (secondary N) is 1. The minimum atomic E-state index is -4.31. The zero-order chi connectivity index (χ0) is 28.8. The van der Waals surface area contributed by atoms with Gasteiger partial charge < -0.3 is 14.7 Å². The number of hydrogen-bond acceptors (Lipinski definition) is 9. The highest BCUT2D eigenvalue weighted by Crippen LogP contribution is 2.37. The smallest absolute Gasteiger partial charge is 0.268 e. The molecule has 0 radical (unpaired) electrons. The Morgan fingerprint density at radius 2 is 1.95 bits per heavy atom. The number of pyridine rings is 1. The number of carbonyl (C=O) groups is 1. The minimum Gasteiger partial charge on any atom is -0.476 e. The summed E-state index contributed by atoms with van der Waals surface area (Å²) >= 11 is 0. The van der Waals surface area contributed by atoms with Crippen LogP contribution in [0.5, 0.6) is 5.88 Å². The minimum absolute atomic E-state index is 0.0314. The molecule has 1 aliphatic rings. The lowest BCUT2D eigenvalue weighted by atomic mass is 9.97. The lowest BCUT2D eigenvalue weighted by Crippen LogP contribution is -2.41. The molecule has 4 rings (SSSR count). The number of ether oxygens (including phenoxy) is 1. The maximum absolute atomic E-state index is 13.5. The fraction of sp³-hybridized carbons (Fsp3) is 0.538. The maximum atomic E-state index is 13.5. The predicted molar refractivity (Wildman–Crippen MR) is 145 cm³/mol. The summed E-state index contributed by atoms with van der Waals surface area (Å²) in [6, 6.07) is 4.91. The van der Waals surface area contributed by atoms with Crippen molar-refractivity contribution in [1.82, 2.24) is 29.3 Å². The van der Waals surface area contributed by atoms with Gasteiger partial charge >= 0.3 is 0 Å². The second kappa shape index (κ2) is 10.3. The fourth-order valence-electron chi connectivity index (χ4n) is 4.79. The average molecular weight is 560 g/mol. The number of nitrogens with zero attached hydrogens (tertiary/aromatic N) is 6. The third-order valence-electron chi connectivity index (χ3n) is 6.42. The summed E-state index contributed by atoms with van der Waals surface area (Å²) in [5.74, 6) is 0.778. The molecule has 0 saturated carbocycles. The molecule has 212 valence electrons. The Balaban J connectivity index is 1.71. The van der Waals surface area contributed by atoms with E-state index >= 15 is 0 Å². The molecule has 0 aliphatic carbocycles. The fourth-order valence-corrected chi connectivity index (χ4v) is 5.96. The summed E-state index contributed by atoms with van der Waals surface area (Å²) in [5.41, 5.74) is -0.298. The number of aliphatic hydroxyl groups is 1. The second-order valence-corrected chi connectivity index (χ2v) is 13.6. The quantitative estimate of drug-likeness (QED) is 0.425. The van der Waals surface area contributed by atoms with Gasteiger partial charge in [-0.25, -0.2) is 22.8 Å². The maximum Gasteiger partial charge on any atom is 0.268 e. The van der Waals surface area contributed by atoms with Crippen LogP contribution in [0, 0.1) is 11.3 Å². The van der Waals surface area contributed by atoms with Crippen molar-refractivity contribution < 1.29 is 23.1 Å². The standard InChI is InChI=1S/C26H37N7O5S/c1-17-12-26(5,6)32(13-17)23-18(24(35)30-39(36,37)20-14-31(7)28-19(20)15-34)8-9-21(27-23)33-11-10-22(29-33)38-16-25(2,3)4/h8-11,14,17,34H,12-13,15-16H2,1-7H3,(H,30,35)/t17-/m0/s1. The summed E-state index contributed by atoms with van der Waals surface area (Å²) in [6.07, 6.45) is 3.84. The Hall–Kier alpha value is -3.45. The molecule has 3 aromatic rings. The van der Waals surface area contributed by atoms with E-state index in [1.165, 1.54) is 17.9 Å². The van der Waals surface area contributed by atoms with Gasteiger partial charge in [0.25, 0.3) is 15.9 Å². The van der Waals surface area contributed by atoms with Gasteiger partial charge in [-0.05, 0) is 43.7 Å². The van der Waals surface area contributed by atoms with E-state index in [2.05, 4.69) is 56.5 Å². The van der Waals surface area contributed by atoms with Crippen LogP contribution in [0.1, 0.15) is 64.0 Å². The Morgan fingerprint density at radius 3 is 2.56 bits per heavy atom. The third-order valence-corrected chi connectivity index (χ3v) is 7.79. The number of aromatic nitrogens is 5. The molecule has 2 N–H and O–H groups in total. The molecule has 3 aromatic heterocycles. The number of hydrogen-bond donors (Lipinski definition) is 2. The van der Waals surface area contributed by atoms with Crippen LogP contribution in [0.4, 0.5) is 5.82 Å². The molecule has 0 unspecified atom stereocenters. The van der Waals surface area contributed by atoms with Gasteiger partial charge in [0.1, 0.15) is 16.4 Å². The van der Waals surface area contributed by atoms with E-state index in [1.54, 1.807) is 29.1 Å². The zero-order valence-electron chi connectivity index (χ0n) is 23.5. The molecule has 4 heterocycles. The Kier molecular flexibility index (Phi) is 7.52. The van der Waals surface area contributed by atoms with Crippen molar-refractivity contribution in [3.05, 3.63) is 41.9 Å². The topological polar surface area (TPSA) is 144 Å². The SMILES string of the molecule is C[C@@H]1CN(c2nc(-n3ccc(OCC(C)(C)C)n3)ccc2C(=O)NS(=O)(=O)c2cn(C)nc2CO)C(C)(C)C1. The van der Waals surface area contributed by atoms with Crippen LogP contribution in [0.2, 0.25) is 0 Å². The average Bonchev–Trinajstić information content (AvgIpc) is 3.53. The monoisotopic (exact) mass is 559 g/mol. The van der Waals surface area contributed by atoms with Gasteiger partial charge in [0, 0.05) is 37.6 Å². The molecular formula is C26H37N7O5S. The van der Waals surface area contributed by atoms with E-state index in [1.807, 2.05) is 4.90 Å². The van der Waals surface area contributed by atoms with Crippen molar-refractivity contribution in [1.29, 1.82) is 0 Å². The van der Waals surface area contributed by atoms with Crippen LogP contribution in [0.15, 0.2) is 35.5 Å².